The third kappa shape index (κ3) is 31.8. The first-order valence-corrected chi connectivity index (χ1v) is 12.9. The molecule has 39 heavy (non-hydrogen) atoms. The molecule has 1 aliphatic heterocycles. The van der Waals surface area contributed by atoms with Crippen LogP contribution in [0.5, 0.6) is 0 Å². The summed E-state index contributed by atoms with van der Waals surface area (Å²) in [5, 5.41) is 13.4. The summed E-state index contributed by atoms with van der Waals surface area (Å²) in [6.45, 7) is 8.57. The van der Waals surface area contributed by atoms with Gasteiger partial charge in [-0.3, -0.25) is 0 Å². The van der Waals surface area contributed by atoms with E-state index in [1.165, 1.54) is 0 Å². The Hall–Kier alpha value is -0.634. The molecule has 0 bridgehead atoms. The van der Waals surface area contributed by atoms with Crippen LogP contribution in [-0.4, -0.2) is 108 Å². The fourth-order valence-electron chi connectivity index (χ4n) is 1.21. The van der Waals surface area contributed by atoms with Crippen molar-refractivity contribution in [3.63, 3.8) is 0 Å². The Morgan fingerprint density at radius 2 is 0.487 bits per heavy atom. The van der Waals surface area contributed by atoms with Crippen LogP contribution in [0.1, 0.15) is 0 Å². The average molecular weight is 716 g/mol. The second-order valence-corrected chi connectivity index (χ2v) is 9.81. The largest absolute Gasteiger partial charge is 3.00 e. The van der Waals surface area contributed by atoms with Crippen LogP contribution >= 0.6 is 0 Å². The van der Waals surface area contributed by atoms with Crippen LogP contribution in [-0.2, 0) is 58.1 Å². The fourth-order valence-corrected chi connectivity index (χ4v) is 1.21. The summed E-state index contributed by atoms with van der Waals surface area (Å²) < 4.78 is 177. The van der Waals surface area contributed by atoms with Crippen LogP contribution in [0.15, 0.2) is 0 Å². The molecular formula is C11H26CoF9N4O11S3+2. The summed E-state index contributed by atoms with van der Waals surface area (Å²) >= 11 is 0. The molecule has 0 amide bonds. The van der Waals surface area contributed by atoms with Crippen molar-refractivity contribution in [3.05, 3.63) is 0 Å². The predicted molar refractivity (Wildman–Crippen MR) is 108 cm³/mol. The smallest absolute Gasteiger partial charge is 0.741 e. The third-order valence-electron chi connectivity index (χ3n) is 2.76. The van der Waals surface area contributed by atoms with Gasteiger partial charge in [0.05, 0.1) is 0 Å². The number of rotatable bonds is 0. The normalized spacial score (nSPS) is 16.0. The molecule has 0 spiro atoms. The van der Waals surface area contributed by atoms with Crippen LogP contribution in [0.2, 0.25) is 0 Å². The molecule has 15 nitrogen and oxygen atoms in total. The van der Waals surface area contributed by atoms with Gasteiger partial charge in [-0.1, -0.05) is 0 Å². The molecule has 0 aromatic heterocycles. The minimum absolute atomic E-state index is 0. The molecule has 0 aromatic rings. The maximum Gasteiger partial charge on any atom is 3.00 e. The molecule has 0 aliphatic carbocycles. The molecule has 0 unspecified atom stereocenters. The SMILES string of the molecule is C1CNCCNCCNCCN1.O=S(=O)([O-])C(F)(F)F.O=S(=O)([O-])C(F)(F)F.O=S(=O)([O-])C(F)(F)F.[Co+3].[OH3+].[OH3+]. The number of hydrogen-bond acceptors (Lipinski definition) is 13. The minimum atomic E-state index is -6.09. The molecule has 244 valence electrons. The summed E-state index contributed by atoms with van der Waals surface area (Å²) in [6.07, 6.45) is 0. The van der Waals surface area contributed by atoms with Crippen molar-refractivity contribution in [3.8, 4) is 0 Å². The molecule has 1 saturated heterocycles. The fraction of sp³-hybridized carbons (Fsp3) is 1.00. The summed E-state index contributed by atoms with van der Waals surface area (Å²) in [6, 6.07) is 0. The van der Waals surface area contributed by atoms with Gasteiger partial charge < -0.3 is 45.9 Å². The van der Waals surface area contributed by atoms with Crippen molar-refractivity contribution in [1.29, 1.82) is 0 Å². The molecule has 1 aliphatic rings. The first kappa shape index (κ1) is 51.1. The molecule has 1 rings (SSSR count). The van der Waals surface area contributed by atoms with Gasteiger partial charge in [0.25, 0.3) is 0 Å². The maximum absolute atomic E-state index is 10.7. The Labute approximate surface area is 226 Å². The Morgan fingerprint density at radius 1 is 0.410 bits per heavy atom. The number of halogens is 9. The van der Waals surface area contributed by atoms with Crippen molar-refractivity contribution < 1.29 is 106 Å². The van der Waals surface area contributed by atoms with Gasteiger partial charge >= 0.3 is 33.3 Å². The van der Waals surface area contributed by atoms with E-state index in [0.29, 0.717) is 0 Å². The molecule has 1 heterocycles. The van der Waals surface area contributed by atoms with E-state index >= 15 is 0 Å². The summed E-state index contributed by atoms with van der Waals surface area (Å²) in [7, 11) is -18.3. The van der Waals surface area contributed by atoms with Crippen molar-refractivity contribution >= 4 is 30.4 Å². The maximum atomic E-state index is 10.7. The molecule has 0 aromatic carbocycles. The van der Waals surface area contributed by atoms with Crippen molar-refractivity contribution in [2.45, 2.75) is 16.5 Å². The summed E-state index contributed by atoms with van der Waals surface area (Å²) in [5.41, 5.74) is -16.9. The van der Waals surface area contributed by atoms with Crippen molar-refractivity contribution in [1.82, 2.24) is 21.3 Å². The molecule has 0 atom stereocenters. The number of hydrogen-bond donors (Lipinski definition) is 4. The van der Waals surface area contributed by atoms with E-state index in [1.54, 1.807) is 0 Å². The third-order valence-corrected chi connectivity index (χ3v) is 4.47. The Balaban J connectivity index is -0.0000000926. The van der Waals surface area contributed by atoms with Gasteiger partial charge in [-0.15, -0.1) is 0 Å². The predicted octanol–water partition coefficient (Wildman–Crippen LogP) is -3.33. The number of alkyl halides is 9. The van der Waals surface area contributed by atoms with Gasteiger partial charge in [0, 0.05) is 52.4 Å². The standard InChI is InChI=1S/C8H20N4.3CHF3O3S.Co.2H2O/c1-2-10-5-6-12-8-7-11-4-3-9-1;3*2-1(3,4)8(5,6)7;;;/h9-12H,1-8H2;3*(H,5,6,7);;2*1H2/q;;;;+3;;/p-1. The van der Waals surface area contributed by atoms with Crippen molar-refractivity contribution in [2.24, 2.45) is 0 Å². The van der Waals surface area contributed by atoms with Crippen LogP contribution < -0.4 is 21.3 Å². The van der Waals surface area contributed by atoms with Gasteiger partial charge in [0.15, 0.2) is 30.4 Å². The van der Waals surface area contributed by atoms with E-state index in [-0.39, 0.29) is 27.7 Å². The van der Waals surface area contributed by atoms with Gasteiger partial charge in [-0.05, 0) is 0 Å². The number of nitrogens with one attached hydrogen (secondary N) is 4. The Bertz CT molecular complexity index is 774. The van der Waals surface area contributed by atoms with E-state index < -0.39 is 46.9 Å². The second kappa shape index (κ2) is 22.0. The van der Waals surface area contributed by atoms with Gasteiger partial charge in [0.2, 0.25) is 0 Å². The van der Waals surface area contributed by atoms with Crippen LogP contribution in [0.3, 0.4) is 0 Å². The van der Waals surface area contributed by atoms with Crippen molar-refractivity contribution in [2.75, 3.05) is 52.4 Å². The zero-order valence-electron chi connectivity index (χ0n) is 18.9. The second-order valence-electron chi connectivity index (χ2n) is 5.70. The van der Waals surface area contributed by atoms with Gasteiger partial charge in [0.1, 0.15) is 0 Å². The molecular weight excluding hydrogens is 690 g/mol. The molecule has 28 heteroatoms. The zero-order chi connectivity index (χ0) is 29.5. The van der Waals surface area contributed by atoms with E-state index in [1.807, 2.05) is 0 Å². The first-order valence-electron chi connectivity index (χ1n) is 8.64. The Morgan fingerprint density at radius 3 is 0.538 bits per heavy atom. The van der Waals surface area contributed by atoms with E-state index in [4.69, 9.17) is 38.9 Å². The van der Waals surface area contributed by atoms with Crippen LogP contribution in [0.4, 0.5) is 39.5 Å². The first-order chi connectivity index (χ1) is 15.8. The summed E-state index contributed by atoms with van der Waals surface area (Å²) in [4.78, 5) is 0. The minimum Gasteiger partial charge on any atom is -0.741 e. The van der Waals surface area contributed by atoms with E-state index in [0.717, 1.165) is 52.4 Å². The topological polar surface area (TPSA) is 286 Å². The van der Waals surface area contributed by atoms with E-state index in [9.17, 15) is 39.5 Å². The molecule has 0 saturated carbocycles. The summed E-state index contributed by atoms with van der Waals surface area (Å²) in [5.74, 6) is 0. The zero-order valence-corrected chi connectivity index (χ0v) is 22.4. The quantitative estimate of drug-likeness (QED) is 0.0827. The van der Waals surface area contributed by atoms with Gasteiger partial charge in [-0.2, -0.15) is 39.5 Å². The molecule has 10 N–H and O–H groups in total. The average Bonchev–Trinajstić information content (AvgIpc) is 2.58. The molecule has 0 radical (unpaired) electrons. The van der Waals surface area contributed by atoms with E-state index in [2.05, 4.69) is 21.3 Å². The Kier molecular flexibility index (Phi) is 28.9. The molecule has 1 fully saturated rings. The van der Waals surface area contributed by atoms with Crippen LogP contribution in [0, 0.1) is 0 Å². The van der Waals surface area contributed by atoms with Gasteiger partial charge in [-0.25, -0.2) is 25.3 Å². The van der Waals surface area contributed by atoms with Crippen LogP contribution in [0.25, 0.3) is 0 Å². The monoisotopic (exact) mass is 716 g/mol.